The second-order valence-corrected chi connectivity index (χ2v) is 8.19. The number of nitrogens with zero attached hydrogens (tertiary/aromatic N) is 1. The third kappa shape index (κ3) is 4.06. The van der Waals surface area contributed by atoms with Gasteiger partial charge in [-0.1, -0.05) is 23.2 Å². The van der Waals surface area contributed by atoms with Crippen LogP contribution >= 0.6 is 34.5 Å². The highest BCUT2D eigenvalue weighted by atomic mass is 35.5. The minimum atomic E-state index is -3.84. The predicted octanol–water partition coefficient (Wildman–Crippen LogP) is 2.93. The SMILES string of the molecule is CC(C)N(CCC(=O)O)S(=O)(=O)c1cc(Cl)sc1Cl. The molecule has 0 aliphatic carbocycles. The van der Waals surface area contributed by atoms with Crippen LogP contribution in [0.3, 0.4) is 0 Å². The summed E-state index contributed by atoms with van der Waals surface area (Å²) < 4.78 is 26.3. The zero-order chi connectivity index (χ0) is 14.8. The molecular weight excluding hydrogens is 333 g/mol. The molecule has 19 heavy (non-hydrogen) atoms. The Morgan fingerprint density at radius 1 is 1.47 bits per heavy atom. The van der Waals surface area contributed by atoms with Crippen molar-refractivity contribution in [2.24, 2.45) is 0 Å². The van der Waals surface area contributed by atoms with Crippen molar-refractivity contribution < 1.29 is 18.3 Å². The summed E-state index contributed by atoms with van der Waals surface area (Å²) in [6.45, 7) is 3.22. The third-order valence-electron chi connectivity index (χ3n) is 2.33. The number of hydrogen-bond donors (Lipinski definition) is 1. The lowest BCUT2D eigenvalue weighted by molar-refractivity contribution is -0.137. The topological polar surface area (TPSA) is 74.7 Å². The molecule has 0 amide bonds. The molecule has 9 heteroatoms. The van der Waals surface area contributed by atoms with Crippen LogP contribution in [0.1, 0.15) is 20.3 Å². The summed E-state index contributed by atoms with van der Waals surface area (Å²) in [6, 6.07) is 0.902. The molecule has 0 spiro atoms. The van der Waals surface area contributed by atoms with Crippen LogP contribution in [0.15, 0.2) is 11.0 Å². The summed E-state index contributed by atoms with van der Waals surface area (Å²) in [6.07, 6.45) is -0.271. The van der Waals surface area contributed by atoms with Gasteiger partial charge in [0.25, 0.3) is 0 Å². The number of thiophene rings is 1. The van der Waals surface area contributed by atoms with Gasteiger partial charge < -0.3 is 5.11 Å². The molecule has 0 fully saturated rings. The number of rotatable bonds is 6. The maximum absolute atomic E-state index is 12.4. The highest BCUT2D eigenvalue weighted by Gasteiger charge is 2.30. The third-order valence-corrected chi connectivity index (χ3v) is 6.16. The largest absolute Gasteiger partial charge is 0.481 e. The van der Waals surface area contributed by atoms with Crippen molar-refractivity contribution in [3.05, 3.63) is 14.7 Å². The van der Waals surface area contributed by atoms with Crippen LogP contribution in [-0.2, 0) is 14.8 Å². The zero-order valence-corrected chi connectivity index (χ0v) is 13.4. The molecule has 1 aromatic heterocycles. The minimum Gasteiger partial charge on any atom is -0.481 e. The minimum absolute atomic E-state index is 0.0750. The Hall–Kier alpha value is -0.340. The number of carboxylic acids is 1. The second kappa shape index (κ2) is 6.41. The zero-order valence-electron chi connectivity index (χ0n) is 10.3. The molecule has 0 unspecified atom stereocenters. The molecule has 0 aliphatic rings. The lowest BCUT2D eigenvalue weighted by atomic mass is 10.3. The standard InChI is InChI=1S/C10H13Cl2NO4S2/c1-6(2)13(4-3-9(14)15)19(16,17)7-5-8(11)18-10(7)12/h5-6H,3-4H2,1-2H3,(H,14,15). The van der Waals surface area contributed by atoms with E-state index in [-0.39, 0.29) is 32.6 Å². The first kappa shape index (κ1) is 16.7. The lowest BCUT2D eigenvalue weighted by Gasteiger charge is -2.24. The molecule has 0 radical (unpaired) electrons. The van der Waals surface area contributed by atoms with Gasteiger partial charge in [-0.3, -0.25) is 4.79 Å². The molecular formula is C10H13Cl2NO4S2. The molecule has 1 aromatic rings. The molecule has 0 saturated heterocycles. The van der Waals surface area contributed by atoms with Crippen LogP contribution in [0, 0.1) is 0 Å². The van der Waals surface area contributed by atoms with E-state index in [0.29, 0.717) is 0 Å². The van der Waals surface area contributed by atoms with Gasteiger partial charge in [0, 0.05) is 12.6 Å². The Morgan fingerprint density at radius 3 is 2.42 bits per heavy atom. The first-order valence-corrected chi connectivity index (χ1v) is 8.36. The maximum atomic E-state index is 12.4. The van der Waals surface area contributed by atoms with Crippen molar-refractivity contribution in [2.75, 3.05) is 6.54 Å². The monoisotopic (exact) mass is 345 g/mol. The first-order chi connectivity index (χ1) is 8.66. The van der Waals surface area contributed by atoms with Crippen LogP contribution in [0.25, 0.3) is 0 Å². The van der Waals surface area contributed by atoms with Gasteiger partial charge in [-0.2, -0.15) is 4.31 Å². The van der Waals surface area contributed by atoms with Gasteiger partial charge in [-0.25, -0.2) is 8.42 Å². The Balaban J connectivity index is 3.13. The molecule has 0 bridgehead atoms. The van der Waals surface area contributed by atoms with E-state index >= 15 is 0 Å². The molecule has 0 atom stereocenters. The Bertz CT molecular complexity index is 568. The van der Waals surface area contributed by atoms with Crippen molar-refractivity contribution >= 4 is 50.5 Å². The van der Waals surface area contributed by atoms with E-state index in [0.717, 1.165) is 15.6 Å². The molecule has 1 heterocycles. The normalized spacial score (nSPS) is 12.3. The number of carbonyl (C=O) groups is 1. The van der Waals surface area contributed by atoms with Gasteiger partial charge in [0.1, 0.15) is 9.23 Å². The molecule has 1 N–H and O–H groups in total. The highest BCUT2D eigenvalue weighted by Crippen LogP contribution is 2.36. The fraction of sp³-hybridized carbons (Fsp3) is 0.500. The predicted molar refractivity (Wildman–Crippen MR) is 75.6 cm³/mol. The van der Waals surface area contributed by atoms with E-state index in [2.05, 4.69) is 0 Å². The van der Waals surface area contributed by atoms with Crippen LogP contribution in [0.2, 0.25) is 8.67 Å². The summed E-state index contributed by atoms with van der Waals surface area (Å²) in [5.74, 6) is -1.06. The van der Waals surface area contributed by atoms with Crippen LogP contribution in [0.4, 0.5) is 0 Å². The average molecular weight is 346 g/mol. The lowest BCUT2D eigenvalue weighted by Crippen LogP contribution is -2.38. The van der Waals surface area contributed by atoms with Crippen molar-refractivity contribution in [3.63, 3.8) is 0 Å². The molecule has 0 aromatic carbocycles. The summed E-state index contributed by atoms with van der Waals surface area (Å²) in [7, 11) is -3.84. The van der Waals surface area contributed by atoms with E-state index in [4.69, 9.17) is 28.3 Å². The Kier molecular flexibility index (Phi) is 5.64. The average Bonchev–Trinajstić information content (AvgIpc) is 2.57. The van der Waals surface area contributed by atoms with Gasteiger partial charge >= 0.3 is 5.97 Å². The number of halogens is 2. The number of sulfonamides is 1. The molecule has 5 nitrogen and oxygen atoms in total. The van der Waals surface area contributed by atoms with E-state index < -0.39 is 16.0 Å². The van der Waals surface area contributed by atoms with Crippen molar-refractivity contribution in [3.8, 4) is 0 Å². The number of aliphatic carboxylic acids is 1. The summed E-state index contributed by atoms with van der Waals surface area (Å²) >= 11 is 12.6. The number of carboxylic acid groups (broad SMARTS) is 1. The van der Waals surface area contributed by atoms with E-state index in [9.17, 15) is 13.2 Å². The van der Waals surface area contributed by atoms with Gasteiger partial charge in [0.15, 0.2) is 0 Å². The Labute approximate surface area is 125 Å². The van der Waals surface area contributed by atoms with Crippen LogP contribution in [-0.4, -0.2) is 36.4 Å². The molecule has 1 rings (SSSR count). The van der Waals surface area contributed by atoms with Crippen molar-refractivity contribution in [2.45, 2.75) is 31.2 Å². The number of hydrogen-bond acceptors (Lipinski definition) is 4. The quantitative estimate of drug-likeness (QED) is 0.859. The summed E-state index contributed by atoms with van der Waals surface area (Å²) in [5, 5.41) is 8.67. The fourth-order valence-corrected chi connectivity index (χ4v) is 5.24. The fourth-order valence-electron chi connectivity index (χ4n) is 1.49. The molecule has 108 valence electrons. The van der Waals surface area contributed by atoms with Gasteiger partial charge in [-0.05, 0) is 19.9 Å². The summed E-state index contributed by atoms with van der Waals surface area (Å²) in [5.41, 5.74) is 0. The summed E-state index contributed by atoms with van der Waals surface area (Å²) in [4.78, 5) is 10.5. The van der Waals surface area contributed by atoms with E-state index in [1.54, 1.807) is 13.8 Å². The van der Waals surface area contributed by atoms with Gasteiger partial charge in [0.2, 0.25) is 10.0 Å². The van der Waals surface area contributed by atoms with E-state index in [1.165, 1.54) is 6.07 Å². The highest BCUT2D eigenvalue weighted by molar-refractivity contribution is 7.89. The molecule has 0 aliphatic heterocycles. The molecule has 0 saturated carbocycles. The smallest absolute Gasteiger partial charge is 0.304 e. The first-order valence-electron chi connectivity index (χ1n) is 5.34. The maximum Gasteiger partial charge on any atom is 0.304 e. The van der Waals surface area contributed by atoms with Gasteiger partial charge in [-0.15, -0.1) is 11.3 Å². The Morgan fingerprint density at radius 2 is 2.05 bits per heavy atom. The van der Waals surface area contributed by atoms with Crippen molar-refractivity contribution in [1.82, 2.24) is 4.31 Å². The van der Waals surface area contributed by atoms with Gasteiger partial charge in [0.05, 0.1) is 10.8 Å². The second-order valence-electron chi connectivity index (χ2n) is 4.04. The van der Waals surface area contributed by atoms with Crippen LogP contribution < -0.4 is 0 Å². The van der Waals surface area contributed by atoms with E-state index in [1.807, 2.05) is 0 Å². The van der Waals surface area contributed by atoms with Crippen molar-refractivity contribution in [1.29, 1.82) is 0 Å². The van der Waals surface area contributed by atoms with Crippen LogP contribution in [0.5, 0.6) is 0 Å².